The number of aromatic nitrogens is 4. The third-order valence-electron chi connectivity index (χ3n) is 3.82. The van der Waals surface area contributed by atoms with E-state index in [1.54, 1.807) is 18.5 Å². The van der Waals surface area contributed by atoms with Crippen molar-refractivity contribution < 1.29 is 5.11 Å². The summed E-state index contributed by atoms with van der Waals surface area (Å²) in [5.74, 6) is 0.648. The summed E-state index contributed by atoms with van der Waals surface area (Å²) in [7, 11) is 1.58. The molecule has 2 aromatic rings. The fourth-order valence-corrected chi connectivity index (χ4v) is 2.82. The lowest BCUT2D eigenvalue weighted by Crippen LogP contribution is -2.30. The molecular formula is C13H19N5O3. The van der Waals surface area contributed by atoms with E-state index in [0.717, 1.165) is 25.9 Å². The van der Waals surface area contributed by atoms with Crippen LogP contribution in [0.25, 0.3) is 11.2 Å². The molecule has 0 aromatic carbocycles. The van der Waals surface area contributed by atoms with E-state index in [1.165, 1.54) is 4.57 Å². The van der Waals surface area contributed by atoms with Crippen molar-refractivity contribution in [2.75, 3.05) is 18.0 Å². The molecule has 2 N–H and O–H groups in total. The summed E-state index contributed by atoms with van der Waals surface area (Å²) in [6.45, 7) is 3.67. The molecule has 0 unspecified atom stereocenters. The van der Waals surface area contributed by atoms with E-state index < -0.39 is 17.4 Å². The van der Waals surface area contributed by atoms with E-state index >= 15 is 0 Å². The third-order valence-corrected chi connectivity index (χ3v) is 3.82. The second kappa shape index (κ2) is 5.03. The Hall–Kier alpha value is -2.09. The van der Waals surface area contributed by atoms with Gasteiger partial charge in [0, 0.05) is 20.1 Å². The Morgan fingerprint density at radius 3 is 2.62 bits per heavy atom. The van der Waals surface area contributed by atoms with Crippen LogP contribution in [-0.4, -0.2) is 43.4 Å². The minimum atomic E-state index is -0.611. The molecule has 1 aliphatic rings. The van der Waals surface area contributed by atoms with Gasteiger partial charge in [-0.25, -0.2) is 4.79 Å². The Balaban J connectivity index is 2.30. The number of rotatable bonds is 3. The summed E-state index contributed by atoms with van der Waals surface area (Å²) in [6.07, 6.45) is 1.54. The van der Waals surface area contributed by atoms with Crippen LogP contribution in [0, 0.1) is 0 Å². The molecule has 3 heterocycles. The zero-order chi connectivity index (χ0) is 15.1. The average Bonchev–Trinajstić information content (AvgIpc) is 3.02. The molecule has 8 heteroatoms. The third kappa shape index (κ3) is 2.25. The lowest BCUT2D eigenvalue weighted by Gasteiger charge is -2.19. The molecule has 0 saturated carbocycles. The number of nitrogens with one attached hydrogen (secondary N) is 1. The number of aromatic amines is 1. The van der Waals surface area contributed by atoms with Crippen molar-refractivity contribution in [3.05, 3.63) is 20.8 Å². The van der Waals surface area contributed by atoms with Gasteiger partial charge in [0.1, 0.15) is 0 Å². The van der Waals surface area contributed by atoms with E-state index in [4.69, 9.17) is 0 Å². The molecule has 0 aliphatic carbocycles. The highest BCUT2D eigenvalue weighted by atomic mass is 16.3. The number of hydrogen-bond acceptors (Lipinski definition) is 5. The minimum Gasteiger partial charge on any atom is -0.392 e. The van der Waals surface area contributed by atoms with Gasteiger partial charge in [-0.15, -0.1) is 0 Å². The summed E-state index contributed by atoms with van der Waals surface area (Å²) in [5.41, 5.74) is -0.264. The smallest absolute Gasteiger partial charge is 0.329 e. The van der Waals surface area contributed by atoms with Gasteiger partial charge in [0.25, 0.3) is 5.56 Å². The first-order valence-corrected chi connectivity index (χ1v) is 7.11. The monoisotopic (exact) mass is 293 g/mol. The maximum atomic E-state index is 12.2. The highest BCUT2D eigenvalue weighted by molar-refractivity contribution is 5.74. The topological polar surface area (TPSA) is 96.2 Å². The normalized spacial score (nSPS) is 16.8. The first-order valence-electron chi connectivity index (χ1n) is 7.11. The fraction of sp³-hybridized carbons (Fsp3) is 0.615. The van der Waals surface area contributed by atoms with Gasteiger partial charge in [-0.05, 0) is 19.8 Å². The van der Waals surface area contributed by atoms with E-state index in [1.807, 2.05) is 0 Å². The van der Waals surface area contributed by atoms with Gasteiger partial charge in [-0.2, -0.15) is 4.98 Å². The zero-order valence-corrected chi connectivity index (χ0v) is 12.2. The van der Waals surface area contributed by atoms with E-state index in [0.29, 0.717) is 17.1 Å². The number of aryl methyl sites for hydroxylation is 1. The molecule has 1 saturated heterocycles. The van der Waals surface area contributed by atoms with Crippen LogP contribution in [0.1, 0.15) is 19.8 Å². The first kappa shape index (κ1) is 13.9. The maximum absolute atomic E-state index is 12.2. The number of fused-ring (bicyclic) bond motifs is 1. The number of aliphatic hydroxyl groups is 1. The van der Waals surface area contributed by atoms with E-state index in [2.05, 4.69) is 14.9 Å². The number of anilines is 1. The van der Waals surface area contributed by atoms with Crippen molar-refractivity contribution in [1.29, 1.82) is 0 Å². The molecule has 1 fully saturated rings. The van der Waals surface area contributed by atoms with Crippen LogP contribution >= 0.6 is 0 Å². The Labute approximate surface area is 120 Å². The Morgan fingerprint density at radius 2 is 2.00 bits per heavy atom. The van der Waals surface area contributed by atoms with Gasteiger partial charge in [0.05, 0.1) is 12.6 Å². The van der Waals surface area contributed by atoms with E-state index in [-0.39, 0.29) is 6.54 Å². The second-order valence-corrected chi connectivity index (χ2v) is 5.56. The average molecular weight is 293 g/mol. The molecular weight excluding hydrogens is 274 g/mol. The fourth-order valence-electron chi connectivity index (χ4n) is 2.82. The first-order chi connectivity index (χ1) is 9.99. The predicted octanol–water partition coefficient (Wildman–Crippen LogP) is -0.596. The van der Waals surface area contributed by atoms with Crippen molar-refractivity contribution in [2.24, 2.45) is 7.05 Å². The lowest BCUT2D eigenvalue weighted by molar-refractivity contribution is 0.175. The Kier molecular flexibility index (Phi) is 3.32. The second-order valence-electron chi connectivity index (χ2n) is 5.56. The Bertz CT molecular complexity index is 779. The molecule has 21 heavy (non-hydrogen) atoms. The molecule has 2 aromatic heterocycles. The Morgan fingerprint density at radius 1 is 1.33 bits per heavy atom. The van der Waals surface area contributed by atoms with Crippen LogP contribution in [0.15, 0.2) is 9.59 Å². The predicted molar refractivity (Wildman–Crippen MR) is 78.7 cm³/mol. The molecule has 0 spiro atoms. The largest absolute Gasteiger partial charge is 0.392 e. The van der Waals surface area contributed by atoms with Crippen LogP contribution in [-0.2, 0) is 13.6 Å². The molecule has 3 rings (SSSR count). The number of aliphatic hydroxyl groups excluding tert-OH is 1. The van der Waals surface area contributed by atoms with Gasteiger partial charge in [0.2, 0.25) is 5.95 Å². The molecule has 1 aliphatic heterocycles. The van der Waals surface area contributed by atoms with Crippen LogP contribution in [0.5, 0.6) is 0 Å². The van der Waals surface area contributed by atoms with Gasteiger partial charge in [-0.3, -0.25) is 14.3 Å². The number of nitrogens with zero attached hydrogens (tertiary/aromatic N) is 4. The van der Waals surface area contributed by atoms with Crippen molar-refractivity contribution in [3.8, 4) is 0 Å². The van der Waals surface area contributed by atoms with Crippen LogP contribution in [0.2, 0.25) is 0 Å². The highest BCUT2D eigenvalue weighted by Crippen LogP contribution is 2.23. The summed E-state index contributed by atoms with van der Waals surface area (Å²) in [6, 6.07) is 0. The SMILES string of the molecule is C[C@@H](O)Cn1c(N2CCCC2)nc2c1c(=O)[nH]c(=O)n2C. The van der Waals surface area contributed by atoms with Crippen molar-refractivity contribution in [2.45, 2.75) is 32.4 Å². The highest BCUT2D eigenvalue weighted by Gasteiger charge is 2.23. The quantitative estimate of drug-likeness (QED) is 0.788. The van der Waals surface area contributed by atoms with Gasteiger partial charge in [0.15, 0.2) is 11.2 Å². The zero-order valence-electron chi connectivity index (χ0n) is 12.2. The molecule has 114 valence electrons. The van der Waals surface area contributed by atoms with Crippen molar-refractivity contribution in [3.63, 3.8) is 0 Å². The van der Waals surface area contributed by atoms with Crippen LogP contribution in [0.4, 0.5) is 5.95 Å². The van der Waals surface area contributed by atoms with Gasteiger partial charge < -0.3 is 14.6 Å². The van der Waals surface area contributed by atoms with E-state index in [9.17, 15) is 14.7 Å². The van der Waals surface area contributed by atoms with Crippen LogP contribution < -0.4 is 16.1 Å². The minimum absolute atomic E-state index is 0.267. The van der Waals surface area contributed by atoms with Gasteiger partial charge >= 0.3 is 5.69 Å². The lowest BCUT2D eigenvalue weighted by atomic mass is 10.4. The summed E-state index contributed by atoms with van der Waals surface area (Å²) in [5, 5.41) is 9.72. The summed E-state index contributed by atoms with van der Waals surface area (Å²) in [4.78, 5) is 32.7. The molecule has 0 amide bonds. The van der Waals surface area contributed by atoms with Crippen molar-refractivity contribution >= 4 is 17.1 Å². The van der Waals surface area contributed by atoms with Crippen molar-refractivity contribution in [1.82, 2.24) is 19.1 Å². The molecule has 1 atom stereocenters. The maximum Gasteiger partial charge on any atom is 0.329 e. The molecule has 0 bridgehead atoms. The van der Waals surface area contributed by atoms with Gasteiger partial charge in [-0.1, -0.05) is 0 Å². The molecule has 0 radical (unpaired) electrons. The number of hydrogen-bond donors (Lipinski definition) is 2. The summed E-state index contributed by atoms with van der Waals surface area (Å²) < 4.78 is 3.04. The number of imidazole rings is 1. The number of H-pyrrole nitrogens is 1. The summed E-state index contributed by atoms with van der Waals surface area (Å²) >= 11 is 0. The molecule has 8 nitrogen and oxygen atoms in total. The standard InChI is InChI=1S/C13H19N5O3/c1-8(19)7-18-9-10(16(2)13(21)15-11(9)20)14-12(18)17-5-3-4-6-17/h8,19H,3-7H2,1-2H3,(H,15,20,21)/t8-/m1/s1. The van der Waals surface area contributed by atoms with Crippen LogP contribution in [0.3, 0.4) is 0 Å².